The Kier molecular flexibility index (Phi) is 7.08. The number of hydrogen-bond acceptors (Lipinski definition) is 2. The van der Waals surface area contributed by atoms with Crippen molar-refractivity contribution in [1.29, 1.82) is 0 Å². The van der Waals surface area contributed by atoms with E-state index in [0.29, 0.717) is 0 Å². The molecule has 240 valence electrons. The second-order valence-electron chi connectivity index (χ2n) is 12.7. The number of pyridine rings is 2. The molecule has 9 aromatic rings. The van der Waals surface area contributed by atoms with E-state index >= 15 is 0 Å². The van der Waals surface area contributed by atoms with Gasteiger partial charge in [0.25, 0.3) is 0 Å². The van der Waals surface area contributed by atoms with Crippen LogP contribution in [-0.2, 0) is 0 Å². The molecule has 0 N–H and O–H groups in total. The third-order valence-corrected chi connectivity index (χ3v) is 10.1. The Balaban J connectivity index is 1.23. The standard InChI is InChI=1S/C48H33N3/c1-5-30-16-15-20-37(33(30)6-2)47-35(8-4)34(7-3)46(38-18-9-10-19-39(38)47)32-26-24-31(25-27-32)43-28-40-41(29-49-43)36-17-11-13-22-44(36)51-45-23-14-12-21-42(45)50-48(40)51/h5-29H,1-4H2. The summed E-state index contributed by atoms with van der Waals surface area (Å²) in [5, 5.41) is 5.60. The first-order chi connectivity index (χ1) is 25.1. The van der Waals surface area contributed by atoms with E-state index in [4.69, 9.17) is 9.97 Å². The maximum absolute atomic E-state index is 5.10. The zero-order valence-electron chi connectivity index (χ0n) is 28.1. The fraction of sp³-hybridized carbons (Fsp3) is 0. The summed E-state index contributed by atoms with van der Waals surface area (Å²) in [5.74, 6) is 0. The highest BCUT2D eigenvalue weighted by Crippen LogP contribution is 2.45. The molecule has 9 rings (SSSR count). The number of nitrogens with zero attached hydrogens (tertiary/aromatic N) is 3. The molecule has 0 bridgehead atoms. The highest BCUT2D eigenvalue weighted by atomic mass is 15.0. The predicted octanol–water partition coefficient (Wildman–Crippen LogP) is 12.9. The number of hydrogen-bond donors (Lipinski definition) is 0. The Hall–Kier alpha value is -6.84. The molecule has 51 heavy (non-hydrogen) atoms. The number of para-hydroxylation sites is 3. The van der Waals surface area contributed by atoms with Crippen LogP contribution in [0.1, 0.15) is 22.3 Å². The van der Waals surface area contributed by atoms with E-state index in [0.717, 1.165) is 105 Å². The first-order valence-corrected chi connectivity index (χ1v) is 17.1. The van der Waals surface area contributed by atoms with Gasteiger partial charge in [0.1, 0.15) is 5.65 Å². The van der Waals surface area contributed by atoms with E-state index in [1.54, 1.807) is 0 Å². The first kappa shape index (κ1) is 30.2. The molecule has 0 aliphatic heterocycles. The SMILES string of the molecule is C=Cc1cccc(-c2c(C=C)c(C=C)c(-c3ccc(-c4cc5c(cn4)c4ccccc4n4c6ccccc6nc54)cc3)c3ccccc23)c1C=C. The predicted molar refractivity (Wildman–Crippen MR) is 220 cm³/mol. The molecule has 0 spiro atoms. The average molecular weight is 652 g/mol. The lowest BCUT2D eigenvalue weighted by molar-refractivity contribution is 1.30. The lowest BCUT2D eigenvalue weighted by Crippen LogP contribution is -1.98. The van der Waals surface area contributed by atoms with Crippen LogP contribution in [-0.4, -0.2) is 14.4 Å². The number of rotatable bonds is 7. The van der Waals surface area contributed by atoms with Crippen molar-refractivity contribution in [2.24, 2.45) is 0 Å². The summed E-state index contributed by atoms with van der Waals surface area (Å²) >= 11 is 0. The molecule has 0 unspecified atom stereocenters. The van der Waals surface area contributed by atoms with Crippen molar-refractivity contribution < 1.29 is 0 Å². The average Bonchev–Trinajstić information content (AvgIpc) is 3.60. The zero-order valence-corrected chi connectivity index (χ0v) is 28.1. The van der Waals surface area contributed by atoms with Gasteiger partial charge in [0.05, 0.1) is 22.2 Å². The highest BCUT2D eigenvalue weighted by Gasteiger charge is 2.21. The van der Waals surface area contributed by atoms with E-state index in [-0.39, 0.29) is 0 Å². The van der Waals surface area contributed by atoms with Crippen molar-refractivity contribution in [3.05, 3.63) is 176 Å². The van der Waals surface area contributed by atoms with Crippen LogP contribution in [0, 0.1) is 0 Å². The molecule has 0 saturated heterocycles. The van der Waals surface area contributed by atoms with Crippen molar-refractivity contribution in [3.63, 3.8) is 0 Å². The molecule has 0 atom stereocenters. The van der Waals surface area contributed by atoms with Gasteiger partial charge in [-0.2, -0.15) is 0 Å². The number of benzene rings is 6. The normalized spacial score (nSPS) is 11.5. The highest BCUT2D eigenvalue weighted by molar-refractivity contribution is 6.15. The monoisotopic (exact) mass is 651 g/mol. The molecule has 0 aliphatic rings. The van der Waals surface area contributed by atoms with Gasteiger partial charge in [0.2, 0.25) is 0 Å². The summed E-state index contributed by atoms with van der Waals surface area (Å²) in [6.45, 7) is 16.8. The second-order valence-corrected chi connectivity index (χ2v) is 12.7. The topological polar surface area (TPSA) is 30.2 Å². The minimum atomic E-state index is 0.897. The van der Waals surface area contributed by atoms with E-state index < -0.39 is 0 Å². The Labute approximate surface area is 296 Å². The van der Waals surface area contributed by atoms with E-state index in [9.17, 15) is 0 Å². The maximum Gasteiger partial charge on any atom is 0.146 e. The molecule has 3 nitrogen and oxygen atoms in total. The van der Waals surface area contributed by atoms with Gasteiger partial charge in [-0.05, 0) is 79.5 Å². The van der Waals surface area contributed by atoms with Crippen LogP contribution in [0.4, 0.5) is 0 Å². The first-order valence-electron chi connectivity index (χ1n) is 17.1. The van der Waals surface area contributed by atoms with Crippen LogP contribution in [0.15, 0.2) is 154 Å². The Morgan fingerprint density at radius 3 is 1.84 bits per heavy atom. The van der Waals surface area contributed by atoms with Gasteiger partial charge >= 0.3 is 0 Å². The summed E-state index contributed by atoms with van der Waals surface area (Å²) in [4.78, 5) is 10.1. The molecule has 6 aromatic carbocycles. The van der Waals surface area contributed by atoms with Gasteiger partial charge in [-0.15, -0.1) is 0 Å². The van der Waals surface area contributed by atoms with Crippen LogP contribution < -0.4 is 0 Å². The van der Waals surface area contributed by atoms with E-state index in [2.05, 4.69) is 146 Å². The van der Waals surface area contributed by atoms with E-state index in [1.807, 2.05) is 36.6 Å². The van der Waals surface area contributed by atoms with Gasteiger partial charge in [0, 0.05) is 27.9 Å². The van der Waals surface area contributed by atoms with Gasteiger partial charge in [-0.25, -0.2) is 4.98 Å². The zero-order chi connectivity index (χ0) is 34.6. The fourth-order valence-electron chi connectivity index (χ4n) is 7.88. The molecular formula is C48H33N3. The van der Waals surface area contributed by atoms with Crippen LogP contribution >= 0.6 is 0 Å². The van der Waals surface area contributed by atoms with Crippen LogP contribution in [0.3, 0.4) is 0 Å². The molecule has 0 aliphatic carbocycles. The Morgan fingerprint density at radius 2 is 1.12 bits per heavy atom. The minimum Gasteiger partial charge on any atom is -0.292 e. The van der Waals surface area contributed by atoms with Crippen LogP contribution in [0.2, 0.25) is 0 Å². The van der Waals surface area contributed by atoms with Crippen molar-refractivity contribution in [2.45, 2.75) is 0 Å². The van der Waals surface area contributed by atoms with Crippen LogP contribution in [0.5, 0.6) is 0 Å². The summed E-state index contributed by atoms with van der Waals surface area (Å²) < 4.78 is 2.27. The van der Waals surface area contributed by atoms with Crippen molar-refractivity contribution in [1.82, 2.24) is 14.4 Å². The summed E-state index contributed by atoms with van der Waals surface area (Å²) in [7, 11) is 0. The molecule has 3 aromatic heterocycles. The minimum absolute atomic E-state index is 0.897. The summed E-state index contributed by atoms with van der Waals surface area (Å²) in [6.07, 6.45) is 9.70. The third kappa shape index (κ3) is 4.52. The largest absolute Gasteiger partial charge is 0.292 e. The molecule has 3 heteroatoms. The Morgan fingerprint density at radius 1 is 0.490 bits per heavy atom. The number of imidazole rings is 1. The van der Waals surface area contributed by atoms with Gasteiger partial charge in [-0.3, -0.25) is 9.38 Å². The lowest BCUT2D eigenvalue weighted by Gasteiger charge is -2.22. The smallest absolute Gasteiger partial charge is 0.146 e. The van der Waals surface area contributed by atoms with Crippen molar-refractivity contribution >= 4 is 73.4 Å². The second kappa shape index (κ2) is 11.9. The molecule has 0 saturated carbocycles. The quantitative estimate of drug-likeness (QED) is 0.161. The number of aromatic nitrogens is 3. The fourth-order valence-corrected chi connectivity index (χ4v) is 7.88. The van der Waals surface area contributed by atoms with Crippen LogP contribution in [0.25, 0.3) is 107 Å². The number of fused-ring (bicyclic) bond motifs is 9. The molecule has 0 radical (unpaired) electrons. The molecule has 0 fully saturated rings. The van der Waals surface area contributed by atoms with Gasteiger partial charge in [0.15, 0.2) is 0 Å². The van der Waals surface area contributed by atoms with Crippen molar-refractivity contribution in [2.75, 3.05) is 0 Å². The summed E-state index contributed by atoms with van der Waals surface area (Å²) in [6, 6.07) is 42.6. The third-order valence-electron chi connectivity index (χ3n) is 10.1. The molecule has 0 amide bonds. The Bertz CT molecular complexity index is 2920. The molecule has 3 heterocycles. The van der Waals surface area contributed by atoms with Crippen molar-refractivity contribution in [3.8, 4) is 33.5 Å². The lowest BCUT2D eigenvalue weighted by atomic mass is 9.81. The maximum atomic E-state index is 5.10. The van der Waals surface area contributed by atoms with Gasteiger partial charge < -0.3 is 0 Å². The van der Waals surface area contributed by atoms with E-state index in [1.165, 1.54) is 0 Å². The summed E-state index contributed by atoms with van der Waals surface area (Å²) in [5.41, 5.74) is 14.6. The van der Waals surface area contributed by atoms with Gasteiger partial charge in [-0.1, -0.05) is 148 Å². The molecular weight excluding hydrogens is 619 g/mol.